The van der Waals surface area contributed by atoms with Crippen molar-refractivity contribution < 1.29 is 0 Å². The highest BCUT2D eigenvalue weighted by atomic mass is 15.3. The van der Waals surface area contributed by atoms with Gasteiger partial charge in [0.25, 0.3) is 0 Å². The van der Waals surface area contributed by atoms with E-state index in [1.807, 2.05) is 17.9 Å². The van der Waals surface area contributed by atoms with Gasteiger partial charge in [0.1, 0.15) is 0 Å². The van der Waals surface area contributed by atoms with Crippen LogP contribution in [0.15, 0.2) is 6.20 Å². The van der Waals surface area contributed by atoms with Gasteiger partial charge in [-0.25, -0.2) is 0 Å². The molecule has 0 saturated carbocycles. The average Bonchev–Trinajstić information content (AvgIpc) is 2.79. The summed E-state index contributed by atoms with van der Waals surface area (Å²) >= 11 is 0. The van der Waals surface area contributed by atoms with Crippen molar-refractivity contribution in [3.63, 3.8) is 0 Å². The molecule has 0 aliphatic carbocycles. The van der Waals surface area contributed by atoms with Gasteiger partial charge in [-0.05, 0) is 26.7 Å². The summed E-state index contributed by atoms with van der Waals surface area (Å²) in [6.07, 6.45) is 12.6. The lowest BCUT2D eigenvalue weighted by atomic mass is 10.00. The molecule has 3 heteroatoms. The van der Waals surface area contributed by atoms with E-state index in [0.717, 1.165) is 0 Å². The van der Waals surface area contributed by atoms with Crippen LogP contribution in [0.5, 0.6) is 0 Å². The van der Waals surface area contributed by atoms with Gasteiger partial charge < -0.3 is 5.32 Å². The van der Waals surface area contributed by atoms with E-state index >= 15 is 0 Å². The highest BCUT2D eigenvalue weighted by Gasteiger charge is 2.16. The highest BCUT2D eigenvalue weighted by Crippen LogP contribution is 2.20. The molecule has 0 spiro atoms. The third kappa shape index (κ3) is 6.21. The summed E-state index contributed by atoms with van der Waals surface area (Å²) in [5, 5.41) is 8.22. The van der Waals surface area contributed by atoms with Gasteiger partial charge in [0, 0.05) is 30.4 Å². The predicted octanol–water partition coefficient (Wildman–Crippen LogP) is 4.91. The van der Waals surface area contributed by atoms with Crippen LogP contribution in [0.4, 0.5) is 0 Å². The molecule has 1 heterocycles. The second-order valence-electron chi connectivity index (χ2n) is 6.39. The molecule has 3 nitrogen and oxygen atoms in total. The van der Waals surface area contributed by atoms with Gasteiger partial charge in [0.15, 0.2) is 0 Å². The highest BCUT2D eigenvalue weighted by molar-refractivity contribution is 5.19. The van der Waals surface area contributed by atoms with E-state index < -0.39 is 0 Å². The number of unbranched alkanes of at least 4 members (excludes halogenated alkanes) is 4. The molecular weight excluding hydrogens is 258 g/mol. The number of nitrogens with one attached hydrogen (secondary N) is 1. The summed E-state index contributed by atoms with van der Waals surface area (Å²) in [5.74, 6) is 0. The number of rotatable bonds is 11. The third-order valence-electron chi connectivity index (χ3n) is 4.54. The second kappa shape index (κ2) is 9.99. The fourth-order valence-electron chi connectivity index (χ4n) is 2.98. The Balaban J connectivity index is 2.54. The monoisotopic (exact) mass is 293 g/mol. The van der Waals surface area contributed by atoms with Crippen molar-refractivity contribution in [2.24, 2.45) is 7.05 Å². The molecule has 1 aromatic heterocycles. The fraction of sp³-hybridized carbons (Fsp3) is 0.833. The molecular formula is C18H35N3. The molecule has 1 atom stereocenters. The Hall–Kier alpha value is -0.830. The summed E-state index contributed by atoms with van der Waals surface area (Å²) in [6, 6.07) is 1.05. The minimum atomic E-state index is 0.395. The van der Waals surface area contributed by atoms with Crippen molar-refractivity contribution in [3.8, 4) is 0 Å². The maximum atomic E-state index is 4.37. The Kier molecular flexibility index (Phi) is 8.67. The molecule has 0 aromatic carbocycles. The van der Waals surface area contributed by atoms with Gasteiger partial charge in [-0.3, -0.25) is 4.68 Å². The number of hydrogen-bond acceptors (Lipinski definition) is 2. The van der Waals surface area contributed by atoms with Crippen LogP contribution in [0, 0.1) is 6.92 Å². The van der Waals surface area contributed by atoms with Crippen LogP contribution in [0.25, 0.3) is 0 Å². The number of aromatic nitrogens is 2. The molecule has 0 bridgehead atoms. The van der Waals surface area contributed by atoms with Crippen molar-refractivity contribution in [1.29, 1.82) is 0 Å². The minimum Gasteiger partial charge on any atom is -0.307 e. The van der Waals surface area contributed by atoms with E-state index in [1.54, 1.807) is 0 Å². The first-order valence-electron chi connectivity index (χ1n) is 8.84. The molecule has 0 radical (unpaired) electrons. The standard InChI is InChI=1S/C18H35N3/c1-6-8-10-12-17(13-11-9-7-2)20-15(3)18-14-19-21(5)16(18)4/h14-15,17,20H,6-13H2,1-5H3. The van der Waals surface area contributed by atoms with E-state index in [4.69, 9.17) is 0 Å². The lowest BCUT2D eigenvalue weighted by molar-refractivity contribution is 0.383. The predicted molar refractivity (Wildman–Crippen MR) is 91.6 cm³/mol. The zero-order valence-corrected chi connectivity index (χ0v) is 14.8. The molecule has 0 fully saturated rings. The fourth-order valence-corrected chi connectivity index (χ4v) is 2.98. The van der Waals surface area contributed by atoms with Crippen LogP contribution in [0.3, 0.4) is 0 Å². The molecule has 1 rings (SSSR count). The average molecular weight is 293 g/mol. The summed E-state index contributed by atoms with van der Waals surface area (Å²) in [6.45, 7) is 8.99. The van der Waals surface area contributed by atoms with Crippen molar-refractivity contribution in [1.82, 2.24) is 15.1 Å². The molecule has 0 amide bonds. The summed E-state index contributed by atoms with van der Waals surface area (Å²) in [7, 11) is 2.02. The molecule has 1 unspecified atom stereocenters. The first kappa shape index (κ1) is 18.2. The van der Waals surface area contributed by atoms with Crippen LogP contribution in [0.2, 0.25) is 0 Å². The summed E-state index contributed by atoms with van der Waals surface area (Å²) in [5.41, 5.74) is 2.62. The number of aryl methyl sites for hydroxylation is 1. The Bertz CT molecular complexity index is 374. The maximum Gasteiger partial charge on any atom is 0.0540 e. The Morgan fingerprint density at radius 1 is 1.10 bits per heavy atom. The molecule has 0 saturated heterocycles. The van der Waals surface area contributed by atoms with Gasteiger partial charge in [-0.2, -0.15) is 5.10 Å². The first-order valence-corrected chi connectivity index (χ1v) is 8.84. The van der Waals surface area contributed by atoms with Crippen LogP contribution < -0.4 is 5.32 Å². The quantitative estimate of drug-likeness (QED) is 0.588. The van der Waals surface area contributed by atoms with Crippen molar-refractivity contribution in [2.45, 2.75) is 91.1 Å². The molecule has 21 heavy (non-hydrogen) atoms. The van der Waals surface area contributed by atoms with Gasteiger partial charge in [-0.15, -0.1) is 0 Å². The number of nitrogens with zero attached hydrogens (tertiary/aromatic N) is 2. The zero-order chi connectivity index (χ0) is 15.7. The van der Waals surface area contributed by atoms with E-state index in [-0.39, 0.29) is 0 Å². The summed E-state index contributed by atoms with van der Waals surface area (Å²) in [4.78, 5) is 0. The lowest BCUT2D eigenvalue weighted by Gasteiger charge is -2.23. The molecule has 0 aliphatic heterocycles. The largest absolute Gasteiger partial charge is 0.307 e. The SMILES string of the molecule is CCCCCC(CCCCC)NC(C)c1cnn(C)c1C. The normalized spacial score (nSPS) is 13.0. The van der Waals surface area contributed by atoms with Crippen LogP contribution in [0.1, 0.15) is 89.4 Å². The van der Waals surface area contributed by atoms with Gasteiger partial charge in [0.2, 0.25) is 0 Å². The Morgan fingerprint density at radius 2 is 1.67 bits per heavy atom. The molecule has 1 N–H and O–H groups in total. The zero-order valence-electron chi connectivity index (χ0n) is 14.8. The third-order valence-corrected chi connectivity index (χ3v) is 4.54. The van der Waals surface area contributed by atoms with Crippen LogP contribution in [-0.4, -0.2) is 15.8 Å². The van der Waals surface area contributed by atoms with E-state index in [0.29, 0.717) is 12.1 Å². The summed E-state index contributed by atoms with van der Waals surface area (Å²) < 4.78 is 1.97. The molecule has 122 valence electrons. The second-order valence-corrected chi connectivity index (χ2v) is 6.39. The topological polar surface area (TPSA) is 29.9 Å². The van der Waals surface area contributed by atoms with Crippen molar-refractivity contribution >= 4 is 0 Å². The van der Waals surface area contributed by atoms with Crippen LogP contribution >= 0.6 is 0 Å². The van der Waals surface area contributed by atoms with E-state index in [9.17, 15) is 0 Å². The Morgan fingerprint density at radius 3 is 2.10 bits per heavy atom. The molecule has 0 aliphatic rings. The van der Waals surface area contributed by atoms with Crippen molar-refractivity contribution in [3.05, 3.63) is 17.5 Å². The lowest BCUT2D eigenvalue weighted by Crippen LogP contribution is -2.31. The maximum absolute atomic E-state index is 4.37. The van der Waals surface area contributed by atoms with Gasteiger partial charge in [-0.1, -0.05) is 52.4 Å². The minimum absolute atomic E-state index is 0.395. The van der Waals surface area contributed by atoms with E-state index in [1.165, 1.54) is 62.6 Å². The van der Waals surface area contributed by atoms with E-state index in [2.05, 4.69) is 38.1 Å². The van der Waals surface area contributed by atoms with Crippen LogP contribution in [-0.2, 0) is 7.05 Å². The first-order chi connectivity index (χ1) is 10.1. The van der Waals surface area contributed by atoms with Crippen molar-refractivity contribution in [2.75, 3.05) is 0 Å². The molecule has 1 aromatic rings. The smallest absolute Gasteiger partial charge is 0.0540 e. The van der Waals surface area contributed by atoms with Gasteiger partial charge >= 0.3 is 0 Å². The van der Waals surface area contributed by atoms with Gasteiger partial charge in [0.05, 0.1) is 6.20 Å². The number of hydrogen-bond donors (Lipinski definition) is 1. The Labute approximate surface area is 131 Å².